The molecule has 0 bridgehead atoms. The normalized spacial score (nSPS) is 11.3. The minimum atomic E-state index is 0.187. The topological polar surface area (TPSA) is 38.7 Å². The quantitative estimate of drug-likeness (QED) is 0.197. The molecule has 3 nitrogen and oxygen atoms in total. The summed E-state index contributed by atoms with van der Waals surface area (Å²) in [5.74, 6) is 1.76. The second-order valence-corrected chi connectivity index (χ2v) is 13.5. The summed E-state index contributed by atoms with van der Waals surface area (Å²) in [6.45, 7) is 0. The van der Waals surface area contributed by atoms with Crippen LogP contribution in [0, 0.1) is 0 Å². The van der Waals surface area contributed by atoms with E-state index < -0.39 is 0 Å². The summed E-state index contributed by atoms with van der Waals surface area (Å²) < 4.78 is 0. The average molecular weight is 687 g/mol. The molecule has 1 aromatic heterocycles. The van der Waals surface area contributed by atoms with E-state index in [0.29, 0.717) is 34.0 Å². The highest BCUT2D eigenvalue weighted by molar-refractivity contribution is 6.68. The van der Waals surface area contributed by atoms with E-state index in [-0.39, 0.29) is 16.4 Å². The molecule has 0 atom stereocenters. The van der Waals surface area contributed by atoms with E-state index in [4.69, 9.17) is 54.2 Å². The zero-order valence-corrected chi connectivity index (χ0v) is 29.7. The lowest BCUT2D eigenvalue weighted by Crippen LogP contribution is -2.55. The third-order valence-electron chi connectivity index (χ3n) is 10.2. The van der Waals surface area contributed by atoms with Crippen LogP contribution in [0.5, 0.6) is 0 Å². The van der Waals surface area contributed by atoms with Crippen LogP contribution in [0.15, 0.2) is 158 Å². The third kappa shape index (κ3) is 6.28. The standard InChI is InChI=1S/C47H26B5N3/c48-40-39(41(49)43(51)44(52)42(40)50)38-19-9-17-36-35(16-8-18-37(36)38)32-14-7-15-33(26-32)46-53-45(28-12-5-2-6-13-28)54-47(55-46)34-23-22-30-24-29(20-21-31(30)25-34)27-10-3-1-4-11-27/h1-26H. The van der Waals surface area contributed by atoms with Crippen LogP contribution in [0.1, 0.15) is 0 Å². The number of rotatable bonds is 6. The fourth-order valence-electron chi connectivity index (χ4n) is 7.29. The number of aromatic nitrogens is 3. The zero-order chi connectivity index (χ0) is 37.6. The van der Waals surface area contributed by atoms with Crippen LogP contribution >= 0.6 is 0 Å². The van der Waals surface area contributed by atoms with Gasteiger partial charge >= 0.3 is 0 Å². The molecule has 0 fully saturated rings. The van der Waals surface area contributed by atoms with E-state index >= 15 is 0 Å². The smallest absolute Gasteiger partial charge is 0.164 e. The predicted octanol–water partition coefficient (Wildman–Crippen LogP) is 6.15. The molecule has 0 amide bonds. The molecule has 0 unspecified atom stereocenters. The van der Waals surface area contributed by atoms with Gasteiger partial charge in [0.1, 0.15) is 39.2 Å². The lowest BCUT2D eigenvalue weighted by molar-refractivity contribution is 1.07. The lowest BCUT2D eigenvalue weighted by Gasteiger charge is -2.22. The summed E-state index contributed by atoms with van der Waals surface area (Å²) in [6, 6.07) is 53.7. The molecular weight excluding hydrogens is 661 g/mol. The molecule has 55 heavy (non-hydrogen) atoms. The van der Waals surface area contributed by atoms with E-state index in [1.54, 1.807) is 0 Å². The molecule has 244 valence electrons. The first-order valence-corrected chi connectivity index (χ1v) is 17.9. The molecule has 0 spiro atoms. The SMILES string of the molecule is [B]c1c([B])c([B])c(-c2cccc3c(-c4cccc(-c5nc(-c6ccccc6)nc(-c6ccc7cc(-c8ccccc8)ccc7c6)n5)c4)cccc23)c([B])c1[B]. The maximum Gasteiger partial charge on any atom is 0.164 e. The number of hydrogen-bond acceptors (Lipinski definition) is 3. The van der Waals surface area contributed by atoms with Gasteiger partial charge in [-0.15, -0.1) is 16.4 Å². The van der Waals surface area contributed by atoms with E-state index in [1.807, 2.05) is 72.8 Å². The summed E-state index contributed by atoms with van der Waals surface area (Å²) in [7, 11) is 31.7. The van der Waals surface area contributed by atoms with Crippen LogP contribution < -0.4 is 27.3 Å². The minimum absolute atomic E-state index is 0.187. The molecule has 9 aromatic rings. The first-order chi connectivity index (χ1) is 26.8. The van der Waals surface area contributed by atoms with Gasteiger partial charge in [0.15, 0.2) is 17.5 Å². The van der Waals surface area contributed by atoms with Crippen molar-refractivity contribution in [1.29, 1.82) is 0 Å². The first-order valence-electron chi connectivity index (χ1n) is 17.9. The monoisotopic (exact) mass is 687 g/mol. The van der Waals surface area contributed by atoms with Crippen LogP contribution in [0.3, 0.4) is 0 Å². The van der Waals surface area contributed by atoms with Crippen molar-refractivity contribution in [2.24, 2.45) is 0 Å². The summed E-state index contributed by atoms with van der Waals surface area (Å²) in [5.41, 5.74) is 9.61. The molecular formula is C47H26B5N3. The maximum atomic E-state index is 6.51. The Balaban J connectivity index is 1.16. The highest BCUT2D eigenvalue weighted by atomic mass is 15.0. The number of hydrogen-bond donors (Lipinski definition) is 0. The molecule has 0 saturated carbocycles. The Morgan fingerprint density at radius 2 is 0.727 bits per heavy atom. The molecule has 0 aliphatic carbocycles. The molecule has 1 heterocycles. The molecule has 0 N–H and O–H groups in total. The second-order valence-electron chi connectivity index (χ2n) is 13.5. The van der Waals surface area contributed by atoms with Crippen LogP contribution in [0.4, 0.5) is 0 Å². The van der Waals surface area contributed by atoms with Gasteiger partial charge in [0.25, 0.3) is 0 Å². The van der Waals surface area contributed by atoms with Crippen LogP contribution in [-0.2, 0) is 0 Å². The average Bonchev–Trinajstić information content (AvgIpc) is 3.25. The van der Waals surface area contributed by atoms with Crippen molar-refractivity contribution in [1.82, 2.24) is 15.0 Å². The molecule has 8 heteroatoms. The summed E-state index contributed by atoms with van der Waals surface area (Å²) >= 11 is 0. The highest BCUT2D eigenvalue weighted by Crippen LogP contribution is 2.36. The first kappa shape index (κ1) is 34.4. The lowest BCUT2D eigenvalue weighted by atomic mass is 9.59. The van der Waals surface area contributed by atoms with Crippen molar-refractivity contribution in [3.8, 4) is 67.5 Å². The van der Waals surface area contributed by atoms with Crippen LogP contribution in [-0.4, -0.2) is 54.2 Å². The highest BCUT2D eigenvalue weighted by Gasteiger charge is 2.17. The largest absolute Gasteiger partial charge is 0.208 e. The van der Waals surface area contributed by atoms with Gasteiger partial charge < -0.3 is 0 Å². The Morgan fingerprint density at radius 3 is 1.36 bits per heavy atom. The molecule has 8 aromatic carbocycles. The third-order valence-corrected chi connectivity index (χ3v) is 10.2. The number of fused-ring (bicyclic) bond motifs is 2. The molecule has 9 rings (SSSR count). The van der Waals surface area contributed by atoms with Crippen molar-refractivity contribution >= 4 is 88.1 Å². The van der Waals surface area contributed by atoms with Gasteiger partial charge in [0.2, 0.25) is 0 Å². The Morgan fingerprint density at radius 1 is 0.291 bits per heavy atom. The Bertz CT molecular complexity index is 2900. The summed E-state index contributed by atoms with van der Waals surface area (Å²) in [5, 5.41) is 4.18. The predicted molar refractivity (Wildman–Crippen MR) is 234 cm³/mol. The van der Waals surface area contributed by atoms with Crippen LogP contribution in [0.2, 0.25) is 0 Å². The van der Waals surface area contributed by atoms with Gasteiger partial charge in [-0.1, -0.05) is 150 Å². The molecule has 10 radical (unpaired) electrons. The van der Waals surface area contributed by atoms with Crippen LogP contribution in [0.25, 0.3) is 89.1 Å². The van der Waals surface area contributed by atoms with Crippen molar-refractivity contribution in [3.63, 3.8) is 0 Å². The summed E-state index contributed by atoms with van der Waals surface area (Å²) in [4.78, 5) is 15.1. The van der Waals surface area contributed by atoms with E-state index in [0.717, 1.165) is 54.9 Å². The second kappa shape index (κ2) is 14.1. The Kier molecular flexibility index (Phi) is 8.83. The van der Waals surface area contributed by atoms with Gasteiger partial charge in [-0.05, 0) is 73.1 Å². The number of benzene rings is 8. The van der Waals surface area contributed by atoms with Gasteiger partial charge in [0, 0.05) is 16.7 Å². The molecule has 0 aliphatic heterocycles. The van der Waals surface area contributed by atoms with E-state index in [2.05, 4.69) is 84.9 Å². The molecule has 0 aliphatic rings. The van der Waals surface area contributed by atoms with Crippen molar-refractivity contribution in [3.05, 3.63) is 158 Å². The van der Waals surface area contributed by atoms with Crippen molar-refractivity contribution in [2.45, 2.75) is 0 Å². The van der Waals surface area contributed by atoms with E-state index in [1.165, 1.54) is 11.1 Å². The van der Waals surface area contributed by atoms with Gasteiger partial charge in [-0.2, -0.15) is 0 Å². The van der Waals surface area contributed by atoms with Gasteiger partial charge in [0.05, 0.1) is 0 Å². The Labute approximate surface area is 327 Å². The minimum Gasteiger partial charge on any atom is -0.208 e. The fraction of sp³-hybridized carbons (Fsp3) is 0. The maximum absolute atomic E-state index is 6.51. The van der Waals surface area contributed by atoms with Crippen molar-refractivity contribution in [2.75, 3.05) is 0 Å². The number of nitrogens with zero attached hydrogens (tertiary/aromatic N) is 3. The Hall–Kier alpha value is -6.39. The zero-order valence-electron chi connectivity index (χ0n) is 29.7. The van der Waals surface area contributed by atoms with Gasteiger partial charge in [-0.25, -0.2) is 15.0 Å². The van der Waals surface area contributed by atoms with Gasteiger partial charge in [-0.3, -0.25) is 0 Å². The molecule has 0 saturated heterocycles. The van der Waals surface area contributed by atoms with E-state index in [9.17, 15) is 0 Å². The van der Waals surface area contributed by atoms with Crippen molar-refractivity contribution < 1.29 is 0 Å². The summed E-state index contributed by atoms with van der Waals surface area (Å²) in [6.07, 6.45) is 0. The fourth-order valence-corrected chi connectivity index (χ4v) is 7.29.